The summed E-state index contributed by atoms with van der Waals surface area (Å²) in [7, 11) is 0. The van der Waals surface area contributed by atoms with Crippen molar-refractivity contribution < 1.29 is 9.53 Å². The third-order valence-electron chi connectivity index (χ3n) is 4.17. The molecule has 124 valence electrons. The number of rotatable bonds is 2. The molecule has 2 heterocycles. The highest BCUT2D eigenvalue weighted by Gasteiger charge is 2.27. The van der Waals surface area contributed by atoms with E-state index in [1.807, 2.05) is 48.6 Å². The molecular weight excluding hydrogens is 290 g/mol. The van der Waals surface area contributed by atoms with Gasteiger partial charge in [0.25, 0.3) is 0 Å². The lowest BCUT2D eigenvalue weighted by Crippen LogP contribution is -2.42. The fourth-order valence-electron chi connectivity index (χ4n) is 3.00. The molecule has 5 nitrogen and oxygen atoms in total. The van der Waals surface area contributed by atoms with Crippen LogP contribution >= 0.6 is 0 Å². The van der Waals surface area contributed by atoms with Gasteiger partial charge >= 0.3 is 6.09 Å². The van der Waals surface area contributed by atoms with Crippen LogP contribution in [-0.4, -0.2) is 39.5 Å². The maximum atomic E-state index is 12.1. The van der Waals surface area contributed by atoms with Gasteiger partial charge in [-0.3, -0.25) is 4.68 Å². The molecule has 0 saturated carbocycles. The first-order valence-corrected chi connectivity index (χ1v) is 8.31. The Morgan fingerprint density at radius 2 is 1.96 bits per heavy atom. The fraction of sp³-hybridized carbons (Fsp3) is 0.556. The molecule has 5 heteroatoms. The van der Waals surface area contributed by atoms with Crippen molar-refractivity contribution in [3.63, 3.8) is 0 Å². The summed E-state index contributed by atoms with van der Waals surface area (Å²) >= 11 is 0. The van der Waals surface area contributed by atoms with Gasteiger partial charge in [0, 0.05) is 31.2 Å². The van der Waals surface area contributed by atoms with Crippen LogP contribution in [0.15, 0.2) is 30.5 Å². The average Bonchev–Trinajstić information content (AvgIpc) is 2.88. The molecule has 0 N–H and O–H groups in total. The van der Waals surface area contributed by atoms with Gasteiger partial charge in [-0.1, -0.05) is 18.2 Å². The van der Waals surface area contributed by atoms with E-state index in [4.69, 9.17) is 4.74 Å². The molecule has 23 heavy (non-hydrogen) atoms. The zero-order chi connectivity index (χ0) is 16.4. The Kier molecular flexibility index (Phi) is 4.28. The van der Waals surface area contributed by atoms with E-state index in [0.29, 0.717) is 5.92 Å². The molecule has 0 unspecified atom stereocenters. The third-order valence-corrected chi connectivity index (χ3v) is 4.17. The van der Waals surface area contributed by atoms with Gasteiger partial charge in [0.1, 0.15) is 5.60 Å². The van der Waals surface area contributed by atoms with E-state index in [1.54, 1.807) is 0 Å². The number of carbonyl (C=O) groups is 1. The lowest BCUT2D eigenvalue weighted by atomic mass is 9.97. The number of hydrogen-bond acceptors (Lipinski definition) is 3. The summed E-state index contributed by atoms with van der Waals surface area (Å²) in [5.41, 5.74) is 0.613. The molecule has 0 spiro atoms. The van der Waals surface area contributed by atoms with Crippen molar-refractivity contribution in [2.75, 3.05) is 13.1 Å². The van der Waals surface area contributed by atoms with Crippen LogP contribution in [0.5, 0.6) is 0 Å². The summed E-state index contributed by atoms with van der Waals surface area (Å²) in [6.45, 7) is 8.15. The largest absolute Gasteiger partial charge is 0.444 e. The molecule has 2 aromatic rings. The van der Waals surface area contributed by atoms with E-state index < -0.39 is 5.60 Å². The van der Waals surface area contributed by atoms with E-state index in [0.717, 1.165) is 38.0 Å². The minimum Gasteiger partial charge on any atom is -0.444 e. The quantitative estimate of drug-likeness (QED) is 0.849. The van der Waals surface area contributed by atoms with Crippen LogP contribution < -0.4 is 0 Å². The molecule has 1 aromatic carbocycles. The van der Waals surface area contributed by atoms with Crippen LogP contribution in [-0.2, 0) is 11.3 Å². The normalized spacial score (nSPS) is 16.7. The molecule has 1 aliphatic heterocycles. The Hall–Kier alpha value is -2.04. The number of piperidine rings is 1. The van der Waals surface area contributed by atoms with Gasteiger partial charge in [0.05, 0.1) is 5.52 Å². The topological polar surface area (TPSA) is 47.4 Å². The maximum Gasteiger partial charge on any atom is 0.410 e. The number of benzene rings is 1. The standard InChI is InChI=1S/C18H25N3O2/c1-18(2,3)23-17(22)20-10-8-14(9-11-20)12-21-13-15-6-4-5-7-16(15)19-21/h4-7,13-14H,8-12H2,1-3H3. The predicted molar refractivity (Wildman–Crippen MR) is 90.3 cm³/mol. The van der Waals surface area contributed by atoms with Crippen molar-refractivity contribution in [1.29, 1.82) is 0 Å². The van der Waals surface area contributed by atoms with Gasteiger partial charge in [0.15, 0.2) is 0 Å². The highest BCUT2D eigenvalue weighted by Crippen LogP contribution is 2.22. The van der Waals surface area contributed by atoms with E-state index in [2.05, 4.69) is 17.4 Å². The number of likely N-dealkylation sites (tertiary alicyclic amines) is 1. The Balaban J connectivity index is 1.54. The van der Waals surface area contributed by atoms with Gasteiger partial charge in [-0.2, -0.15) is 5.10 Å². The smallest absolute Gasteiger partial charge is 0.410 e. The zero-order valence-corrected chi connectivity index (χ0v) is 14.2. The molecule has 1 aliphatic rings. The number of nitrogens with zero attached hydrogens (tertiary/aromatic N) is 3. The van der Waals surface area contributed by atoms with Crippen molar-refractivity contribution in [3.05, 3.63) is 30.5 Å². The second-order valence-corrected chi connectivity index (χ2v) is 7.32. The number of hydrogen-bond donors (Lipinski definition) is 0. The predicted octanol–water partition coefficient (Wildman–Crippen LogP) is 3.68. The van der Waals surface area contributed by atoms with Crippen LogP contribution in [0.2, 0.25) is 0 Å². The molecule has 0 radical (unpaired) electrons. The molecule has 1 fully saturated rings. The van der Waals surface area contributed by atoms with Gasteiger partial charge in [0.2, 0.25) is 0 Å². The van der Waals surface area contributed by atoms with Crippen LogP contribution in [0, 0.1) is 5.92 Å². The van der Waals surface area contributed by atoms with Crippen molar-refractivity contribution in [2.45, 2.75) is 45.8 Å². The van der Waals surface area contributed by atoms with Crippen LogP contribution in [0.3, 0.4) is 0 Å². The van der Waals surface area contributed by atoms with Crippen molar-refractivity contribution >= 4 is 17.0 Å². The first-order chi connectivity index (χ1) is 10.9. The van der Waals surface area contributed by atoms with Crippen molar-refractivity contribution in [2.24, 2.45) is 5.92 Å². The van der Waals surface area contributed by atoms with Gasteiger partial charge in [-0.15, -0.1) is 0 Å². The average molecular weight is 315 g/mol. The van der Waals surface area contributed by atoms with Crippen LogP contribution in [0.4, 0.5) is 4.79 Å². The molecule has 3 rings (SSSR count). The summed E-state index contributed by atoms with van der Waals surface area (Å²) in [4.78, 5) is 13.9. The monoisotopic (exact) mass is 315 g/mol. The summed E-state index contributed by atoms with van der Waals surface area (Å²) < 4.78 is 7.48. The van der Waals surface area contributed by atoms with Crippen molar-refractivity contribution in [1.82, 2.24) is 14.7 Å². The molecule has 1 aromatic heterocycles. The van der Waals surface area contributed by atoms with Crippen molar-refractivity contribution in [3.8, 4) is 0 Å². The molecule has 0 aliphatic carbocycles. The first-order valence-electron chi connectivity index (χ1n) is 8.31. The molecule has 0 atom stereocenters. The number of ether oxygens (including phenoxy) is 1. The van der Waals surface area contributed by atoms with Gasteiger partial charge in [-0.25, -0.2) is 4.79 Å². The summed E-state index contributed by atoms with van der Waals surface area (Å²) in [6.07, 6.45) is 3.90. The van der Waals surface area contributed by atoms with Crippen LogP contribution in [0.1, 0.15) is 33.6 Å². The van der Waals surface area contributed by atoms with E-state index in [-0.39, 0.29) is 6.09 Å². The zero-order valence-electron chi connectivity index (χ0n) is 14.2. The molecule has 0 bridgehead atoms. The fourth-order valence-corrected chi connectivity index (χ4v) is 3.00. The Bertz CT molecular complexity index is 646. The highest BCUT2D eigenvalue weighted by atomic mass is 16.6. The number of amides is 1. The second-order valence-electron chi connectivity index (χ2n) is 7.32. The lowest BCUT2D eigenvalue weighted by Gasteiger charge is -2.33. The minimum atomic E-state index is -0.427. The number of carbonyl (C=O) groups excluding carboxylic acids is 1. The first kappa shape index (κ1) is 15.8. The third kappa shape index (κ3) is 4.03. The summed E-state index contributed by atoms with van der Waals surface area (Å²) in [5.74, 6) is 0.558. The van der Waals surface area contributed by atoms with Crippen LogP contribution in [0.25, 0.3) is 10.9 Å². The molecule has 1 saturated heterocycles. The van der Waals surface area contributed by atoms with Gasteiger partial charge in [-0.05, 0) is 45.6 Å². The Morgan fingerprint density at radius 1 is 1.26 bits per heavy atom. The SMILES string of the molecule is CC(C)(C)OC(=O)N1CCC(Cn2cc3ccccc3n2)CC1. The Labute approximate surface area is 137 Å². The molecule has 1 amide bonds. The van der Waals surface area contributed by atoms with E-state index in [9.17, 15) is 4.79 Å². The highest BCUT2D eigenvalue weighted by molar-refractivity contribution is 5.77. The molecular formula is C18H25N3O2. The lowest BCUT2D eigenvalue weighted by molar-refractivity contribution is 0.0177. The number of fused-ring (bicyclic) bond motifs is 1. The summed E-state index contributed by atoms with van der Waals surface area (Å²) in [6, 6.07) is 8.17. The minimum absolute atomic E-state index is 0.194. The van der Waals surface area contributed by atoms with E-state index >= 15 is 0 Å². The number of aromatic nitrogens is 2. The second kappa shape index (κ2) is 6.22. The summed E-state index contributed by atoms with van der Waals surface area (Å²) in [5, 5.41) is 5.80. The maximum absolute atomic E-state index is 12.1. The van der Waals surface area contributed by atoms with E-state index in [1.165, 1.54) is 5.39 Å². The van der Waals surface area contributed by atoms with Gasteiger partial charge < -0.3 is 9.64 Å². The Morgan fingerprint density at radius 3 is 2.61 bits per heavy atom.